The Morgan fingerprint density at radius 3 is 1.68 bits per heavy atom. The molecular weight excluding hydrogens is 460 g/mol. The van der Waals surface area contributed by atoms with Gasteiger partial charge >= 0.3 is 0 Å². The monoisotopic (exact) mass is 492 g/mol. The van der Waals surface area contributed by atoms with Crippen molar-refractivity contribution in [3.63, 3.8) is 0 Å². The summed E-state index contributed by atoms with van der Waals surface area (Å²) in [5.41, 5.74) is 5.83. The lowest BCUT2D eigenvalue weighted by Crippen LogP contribution is -1.95. The van der Waals surface area contributed by atoms with E-state index in [1.807, 2.05) is 60.7 Å². The van der Waals surface area contributed by atoms with Gasteiger partial charge in [-0.1, -0.05) is 96.9 Å². The number of para-hydroxylation sites is 3. The number of nitrogens with zero attached hydrogens (tertiary/aromatic N) is 2. The topological polar surface area (TPSA) is 9.86 Å². The third-order valence-electron chi connectivity index (χ3n) is 7.18. The Balaban J connectivity index is 1.44. The number of fused-ring (bicyclic) bond motifs is 6. The normalized spacial score (nSPS) is 14.6. The van der Waals surface area contributed by atoms with Crippen molar-refractivity contribution in [1.29, 1.82) is 0 Å². The molecule has 0 bridgehead atoms. The van der Waals surface area contributed by atoms with Gasteiger partial charge < -0.3 is 9.13 Å². The molecule has 6 aromatic carbocycles. The summed E-state index contributed by atoms with van der Waals surface area (Å²) in [4.78, 5) is 0. The van der Waals surface area contributed by atoms with Crippen molar-refractivity contribution in [2.45, 2.75) is 0 Å². The Morgan fingerprint density at radius 1 is 0.395 bits per heavy atom. The predicted molar refractivity (Wildman–Crippen MR) is 161 cm³/mol. The molecule has 0 radical (unpaired) electrons. The van der Waals surface area contributed by atoms with E-state index in [-0.39, 0.29) is 46.0 Å². The van der Waals surface area contributed by atoms with Crippen LogP contribution < -0.4 is 0 Å². The molecule has 0 fully saturated rings. The van der Waals surface area contributed by atoms with E-state index in [2.05, 4.69) is 41.0 Å². The number of hydrogen-bond acceptors (Lipinski definition) is 0. The molecule has 0 saturated heterocycles. The van der Waals surface area contributed by atoms with Gasteiger partial charge in [0.1, 0.15) is 0 Å². The molecule has 38 heavy (non-hydrogen) atoms. The van der Waals surface area contributed by atoms with E-state index in [1.54, 1.807) is 4.57 Å². The first-order valence-corrected chi connectivity index (χ1v) is 12.4. The molecule has 0 saturated carbocycles. The van der Waals surface area contributed by atoms with Crippen LogP contribution in [-0.2, 0) is 0 Å². The highest BCUT2D eigenvalue weighted by molar-refractivity contribution is 6.12. The maximum atomic E-state index is 8.85. The first kappa shape index (κ1) is 14.6. The molecule has 0 aliphatic heterocycles. The van der Waals surface area contributed by atoms with Crippen LogP contribution in [0.5, 0.6) is 0 Å². The lowest BCUT2D eigenvalue weighted by molar-refractivity contribution is 1.17. The van der Waals surface area contributed by atoms with E-state index in [1.165, 1.54) is 0 Å². The lowest BCUT2D eigenvalue weighted by Gasteiger charge is -2.11. The summed E-state index contributed by atoms with van der Waals surface area (Å²) in [5.74, 6) is 0. The fraction of sp³-hybridized carbons (Fsp3) is 0. The Hall–Kier alpha value is -5.08. The molecule has 8 rings (SSSR count). The molecule has 0 unspecified atom stereocenters. The minimum Gasteiger partial charge on any atom is -0.309 e. The lowest BCUT2D eigenvalue weighted by atomic mass is 10.1. The average molecular weight is 493 g/mol. The number of aromatic nitrogens is 2. The summed E-state index contributed by atoms with van der Waals surface area (Å²) in [5, 5.41) is 1.98. The Bertz CT molecular complexity index is 2470. The Kier molecular flexibility index (Phi) is 3.16. The van der Waals surface area contributed by atoms with Gasteiger partial charge in [0.05, 0.1) is 33.0 Å². The highest BCUT2D eigenvalue weighted by Gasteiger charge is 2.16. The summed E-state index contributed by atoms with van der Waals surface area (Å²) in [6.45, 7) is 0. The maximum absolute atomic E-state index is 8.85. The predicted octanol–water partition coefficient (Wildman–Crippen LogP) is 9.55. The third kappa shape index (κ3) is 3.07. The number of rotatable bonds is 3. The zero-order valence-corrected chi connectivity index (χ0v) is 20.1. The second kappa shape index (κ2) is 8.22. The highest BCUT2D eigenvalue weighted by atomic mass is 15.0. The molecule has 178 valence electrons. The molecule has 2 heteroatoms. The largest absolute Gasteiger partial charge is 0.309 e. The summed E-state index contributed by atoms with van der Waals surface area (Å²) >= 11 is 0. The van der Waals surface area contributed by atoms with E-state index in [9.17, 15) is 0 Å². The van der Waals surface area contributed by atoms with Crippen molar-refractivity contribution in [3.05, 3.63) is 145 Å². The summed E-state index contributed by atoms with van der Waals surface area (Å²) in [6.07, 6.45) is 0. The van der Waals surface area contributed by atoms with Gasteiger partial charge in [0.2, 0.25) is 0 Å². The maximum Gasteiger partial charge on any atom is 0.0645 e. The van der Waals surface area contributed by atoms with Gasteiger partial charge in [0.15, 0.2) is 0 Å². The first-order chi connectivity index (χ1) is 22.2. The minimum absolute atomic E-state index is 0.0639. The highest BCUT2D eigenvalue weighted by Crippen LogP contribution is 2.37. The fourth-order valence-corrected chi connectivity index (χ4v) is 5.49. The molecule has 0 aliphatic carbocycles. The van der Waals surface area contributed by atoms with Crippen LogP contribution in [0.15, 0.2) is 145 Å². The van der Waals surface area contributed by atoms with Crippen LogP contribution in [0.2, 0.25) is 0 Å². The van der Waals surface area contributed by atoms with Gasteiger partial charge in [-0.2, -0.15) is 0 Å². The molecule has 0 amide bonds. The van der Waals surface area contributed by atoms with Crippen LogP contribution in [0.25, 0.3) is 66.1 Å². The SMILES string of the molecule is [2H]c1c([2H])c([2H])c2c(c1[2H])c1c([2H])c([2H])c([2H])c([2H])c1n2-c1ccc2c(c1)c1ccccc1n2-c1ccc(-c2ccccc2)cc1. The van der Waals surface area contributed by atoms with E-state index < -0.39 is 24.2 Å². The number of benzene rings is 6. The van der Waals surface area contributed by atoms with E-state index in [0.717, 1.165) is 38.6 Å². The van der Waals surface area contributed by atoms with Gasteiger partial charge in [-0.05, 0) is 59.6 Å². The second-order valence-corrected chi connectivity index (χ2v) is 9.25. The Labute approximate surface area is 231 Å². The van der Waals surface area contributed by atoms with Crippen molar-refractivity contribution in [2.75, 3.05) is 0 Å². The summed E-state index contributed by atoms with van der Waals surface area (Å²) in [6, 6.07) is 29.2. The zero-order chi connectivity index (χ0) is 32.0. The van der Waals surface area contributed by atoms with Gasteiger partial charge in [-0.15, -0.1) is 0 Å². The van der Waals surface area contributed by atoms with Crippen molar-refractivity contribution in [1.82, 2.24) is 9.13 Å². The third-order valence-corrected chi connectivity index (χ3v) is 7.18. The summed E-state index contributed by atoms with van der Waals surface area (Å²) in [7, 11) is 0. The second-order valence-electron chi connectivity index (χ2n) is 9.25. The van der Waals surface area contributed by atoms with Crippen molar-refractivity contribution < 1.29 is 11.0 Å². The zero-order valence-electron chi connectivity index (χ0n) is 28.1. The van der Waals surface area contributed by atoms with Crippen LogP contribution in [0.3, 0.4) is 0 Å². The molecule has 0 N–H and O–H groups in total. The molecule has 0 spiro atoms. The molecule has 2 heterocycles. The van der Waals surface area contributed by atoms with Gasteiger partial charge in [-0.3, -0.25) is 0 Å². The van der Waals surface area contributed by atoms with Crippen LogP contribution in [-0.4, -0.2) is 9.13 Å². The standard InChI is InChI=1S/C36H24N2/c1-2-10-25(11-3-1)26-18-20-27(21-19-26)37-35-17-9-6-14-31(35)32-24-28(22-23-36(32)37)38-33-15-7-4-12-29(33)30-13-5-8-16-34(30)38/h1-24H/i4D,5D,7D,8D,12D,13D,15D,16D. The quantitative estimate of drug-likeness (QED) is 0.232. The van der Waals surface area contributed by atoms with Crippen LogP contribution in [0.4, 0.5) is 0 Å². The van der Waals surface area contributed by atoms with Crippen molar-refractivity contribution >= 4 is 43.6 Å². The molecular formula is C36H24N2. The molecule has 0 aliphatic rings. The molecule has 8 aromatic rings. The van der Waals surface area contributed by atoms with Crippen molar-refractivity contribution in [3.8, 4) is 22.5 Å². The average Bonchev–Trinajstić information content (AvgIpc) is 3.62. The van der Waals surface area contributed by atoms with E-state index in [0.29, 0.717) is 5.69 Å². The van der Waals surface area contributed by atoms with Gasteiger partial charge in [-0.25, -0.2) is 0 Å². The molecule has 0 atom stereocenters. The molecule has 2 nitrogen and oxygen atoms in total. The smallest absolute Gasteiger partial charge is 0.0645 e. The fourth-order valence-electron chi connectivity index (χ4n) is 5.49. The first-order valence-electron chi connectivity index (χ1n) is 16.4. The minimum atomic E-state index is -0.458. The van der Waals surface area contributed by atoms with Gasteiger partial charge in [0.25, 0.3) is 0 Å². The number of hydrogen-bond donors (Lipinski definition) is 0. The van der Waals surface area contributed by atoms with Crippen LogP contribution in [0, 0.1) is 0 Å². The Morgan fingerprint density at radius 2 is 0.947 bits per heavy atom. The van der Waals surface area contributed by atoms with Gasteiger partial charge in [0, 0.05) is 32.9 Å². The van der Waals surface area contributed by atoms with E-state index >= 15 is 0 Å². The van der Waals surface area contributed by atoms with Crippen LogP contribution in [0.1, 0.15) is 11.0 Å². The molecule has 2 aromatic heterocycles. The summed E-state index contributed by atoms with van der Waals surface area (Å²) < 4.78 is 72.4. The van der Waals surface area contributed by atoms with Crippen molar-refractivity contribution in [2.24, 2.45) is 0 Å². The van der Waals surface area contributed by atoms with E-state index in [4.69, 9.17) is 11.0 Å². The van der Waals surface area contributed by atoms with Crippen LogP contribution >= 0.6 is 0 Å².